The molecule has 0 N–H and O–H groups in total. The van der Waals surface area contributed by atoms with Crippen molar-refractivity contribution >= 4 is 17.6 Å². The summed E-state index contributed by atoms with van der Waals surface area (Å²) in [4.78, 5) is 27.4. The molecular formula is C19H13F3N3O2. The van der Waals surface area contributed by atoms with E-state index in [4.69, 9.17) is 5.26 Å². The van der Waals surface area contributed by atoms with Gasteiger partial charge in [0.05, 0.1) is 22.9 Å². The summed E-state index contributed by atoms with van der Waals surface area (Å²) >= 11 is 0. The van der Waals surface area contributed by atoms with E-state index in [0.29, 0.717) is 16.5 Å². The number of nitrogens with zero attached hydrogens (tertiary/aromatic N) is 3. The molecule has 0 aromatic heterocycles. The zero-order chi connectivity index (χ0) is 20.0. The van der Waals surface area contributed by atoms with Crippen LogP contribution in [-0.4, -0.2) is 23.9 Å². The Morgan fingerprint density at radius 3 is 2.30 bits per heavy atom. The monoisotopic (exact) mass is 372 g/mol. The lowest BCUT2D eigenvalue weighted by Gasteiger charge is -2.28. The van der Waals surface area contributed by atoms with Crippen LogP contribution in [0.4, 0.5) is 23.7 Å². The molecule has 5 nitrogen and oxygen atoms in total. The first-order chi connectivity index (χ1) is 12.6. The van der Waals surface area contributed by atoms with E-state index >= 15 is 0 Å². The van der Waals surface area contributed by atoms with Gasteiger partial charge in [-0.3, -0.25) is 4.79 Å². The first-order valence-electron chi connectivity index (χ1n) is 7.77. The van der Waals surface area contributed by atoms with E-state index in [1.165, 1.54) is 13.1 Å². The molecule has 0 spiro atoms. The molecule has 27 heavy (non-hydrogen) atoms. The number of halogens is 3. The molecule has 1 radical (unpaired) electrons. The largest absolute Gasteiger partial charge is 0.417 e. The predicted molar refractivity (Wildman–Crippen MR) is 90.3 cm³/mol. The van der Waals surface area contributed by atoms with Crippen LogP contribution in [0, 0.1) is 18.3 Å². The van der Waals surface area contributed by atoms with Gasteiger partial charge < -0.3 is 4.90 Å². The van der Waals surface area contributed by atoms with Gasteiger partial charge in [0, 0.05) is 7.05 Å². The van der Waals surface area contributed by atoms with Gasteiger partial charge in [0.2, 0.25) is 0 Å². The molecule has 1 fully saturated rings. The Hall–Kier alpha value is -3.34. The van der Waals surface area contributed by atoms with Gasteiger partial charge in [0.1, 0.15) is 5.54 Å². The number of nitriles is 1. The number of carbonyl (C=O) groups excluding carboxylic acids is 2. The number of hydrogen-bond acceptors (Lipinski definition) is 3. The molecule has 2 aromatic rings. The summed E-state index contributed by atoms with van der Waals surface area (Å²) in [6, 6.07) is 11.6. The topological polar surface area (TPSA) is 64.4 Å². The average Bonchev–Trinajstić information content (AvgIpc) is 2.82. The molecule has 2 aromatic carbocycles. The van der Waals surface area contributed by atoms with Gasteiger partial charge in [-0.15, -0.1) is 0 Å². The van der Waals surface area contributed by atoms with E-state index < -0.39 is 34.8 Å². The normalized spacial score (nSPS) is 20.1. The highest BCUT2D eigenvalue weighted by molar-refractivity contribution is 6.23. The fourth-order valence-corrected chi connectivity index (χ4v) is 2.99. The van der Waals surface area contributed by atoms with Crippen molar-refractivity contribution in [1.29, 1.82) is 5.26 Å². The average molecular weight is 372 g/mol. The lowest BCUT2D eigenvalue weighted by atomic mass is 9.90. The third-order valence-electron chi connectivity index (χ3n) is 4.55. The van der Waals surface area contributed by atoms with Gasteiger partial charge in [-0.2, -0.15) is 18.4 Å². The Morgan fingerprint density at radius 1 is 1.11 bits per heavy atom. The molecule has 1 aliphatic rings. The van der Waals surface area contributed by atoms with Crippen molar-refractivity contribution in [3.05, 3.63) is 72.1 Å². The third-order valence-corrected chi connectivity index (χ3v) is 4.55. The van der Waals surface area contributed by atoms with Crippen molar-refractivity contribution < 1.29 is 22.8 Å². The molecular weight excluding hydrogens is 359 g/mol. The van der Waals surface area contributed by atoms with Crippen molar-refractivity contribution in [2.75, 3.05) is 11.9 Å². The summed E-state index contributed by atoms with van der Waals surface area (Å²) in [5.74, 6) is -0.779. The highest BCUT2D eigenvalue weighted by Gasteiger charge is 2.54. The number of hydrogen-bond donors (Lipinski definition) is 0. The first-order valence-corrected chi connectivity index (χ1v) is 7.77. The van der Waals surface area contributed by atoms with Gasteiger partial charge in [0.25, 0.3) is 5.91 Å². The number of imide groups is 1. The number of carbonyl (C=O) groups is 2. The maximum Gasteiger partial charge on any atom is 0.417 e. The molecule has 1 aliphatic heterocycles. The lowest BCUT2D eigenvalue weighted by molar-refractivity contribution is -0.137. The van der Waals surface area contributed by atoms with Crippen molar-refractivity contribution in [3.63, 3.8) is 0 Å². The van der Waals surface area contributed by atoms with E-state index in [0.717, 1.165) is 17.0 Å². The van der Waals surface area contributed by atoms with Crippen molar-refractivity contribution in [2.24, 2.45) is 0 Å². The molecule has 0 bridgehead atoms. The molecule has 137 valence electrons. The molecule has 0 saturated carbocycles. The second kappa shape index (κ2) is 6.13. The van der Waals surface area contributed by atoms with Crippen molar-refractivity contribution in [3.8, 4) is 6.07 Å². The number of urea groups is 1. The molecule has 1 atom stereocenters. The summed E-state index contributed by atoms with van der Waals surface area (Å²) in [5.41, 5.74) is -3.26. The number of alkyl halides is 3. The van der Waals surface area contributed by atoms with Crippen LogP contribution in [0.3, 0.4) is 0 Å². The van der Waals surface area contributed by atoms with Gasteiger partial charge >= 0.3 is 12.2 Å². The zero-order valence-electron chi connectivity index (χ0n) is 14.1. The number of amides is 3. The predicted octanol–water partition coefficient (Wildman–Crippen LogP) is 3.71. The van der Waals surface area contributed by atoms with E-state index in [1.807, 2.05) is 0 Å². The fraction of sp³-hybridized carbons (Fsp3) is 0.158. The second-order valence-electron chi connectivity index (χ2n) is 6.05. The minimum atomic E-state index is -4.81. The number of anilines is 1. The maximum absolute atomic E-state index is 13.2. The van der Waals surface area contributed by atoms with Gasteiger partial charge in [-0.25, -0.2) is 9.69 Å². The molecule has 1 unspecified atom stereocenters. The summed E-state index contributed by atoms with van der Waals surface area (Å²) in [5, 5.41) is 8.90. The number of benzene rings is 2. The fourth-order valence-electron chi connectivity index (χ4n) is 2.99. The molecule has 1 saturated heterocycles. The Balaban J connectivity index is 2.13. The smallest absolute Gasteiger partial charge is 0.308 e. The van der Waals surface area contributed by atoms with Crippen molar-refractivity contribution in [1.82, 2.24) is 4.90 Å². The Bertz CT molecular complexity index is 966. The SMILES string of the molecule is [CH2]C1(c2ccccc2)C(=O)N(c2ccc(C#N)c(C(F)(F)F)c2)C(=O)N1C. The van der Waals surface area contributed by atoms with E-state index in [2.05, 4.69) is 6.92 Å². The van der Waals surface area contributed by atoms with Crippen LogP contribution in [0.15, 0.2) is 48.5 Å². The molecule has 0 aliphatic carbocycles. The quantitative estimate of drug-likeness (QED) is 0.755. The Morgan fingerprint density at radius 2 is 1.74 bits per heavy atom. The number of likely N-dealkylation sites (N-methyl/N-ethyl adjacent to an activating group) is 1. The van der Waals surface area contributed by atoms with Gasteiger partial charge in [-0.05, 0) is 30.7 Å². The zero-order valence-corrected chi connectivity index (χ0v) is 14.1. The van der Waals surface area contributed by atoms with Crippen LogP contribution in [-0.2, 0) is 16.5 Å². The van der Waals surface area contributed by atoms with E-state index in [1.54, 1.807) is 30.3 Å². The lowest BCUT2D eigenvalue weighted by Crippen LogP contribution is -2.42. The van der Waals surface area contributed by atoms with Crippen LogP contribution in [0.25, 0.3) is 0 Å². The molecule has 3 amide bonds. The van der Waals surface area contributed by atoms with Crippen LogP contribution < -0.4 is 4.90 Å². The highest BCUT2D eigenvalue weighted by atomic mass is 19.4. The van der Waals surface area contributed by atoms with E-state index in [9.17, 15) is 22.8 Å². The Kier molecular flexibility index (Phi) is 4.19. The van der Waals surface area contributed by atoms with Crippen LogP contribution in [0.5, 0.6) is 0 Å². The van der Waals surface area contributed by atoms with Gasteiger partial charge in [-0.1, -0.05) is 30.3 Å². The Labute approximate surface area is 153 Å². The highest BCUT2D eigenvalue weighted by Crippen LogP contribution is 2.40. The first kappa shape index (κ1) is 18.5. The second-order valence-corrected chi connectivity index (χ2v) is 6.05. The standard InChI is InChI=1S/C19H13F3N3O2/c1-18(13-6-4-3-5-7-13)16(26)25(17(27)24(18)2)14-9-8-12(11-23)15(10-14)19(20,21)22/h3-10H,1H2,2H3. The van der Waals surface area contributed by atoms with E-state index in [-0.39, 0.29) is 5.69 Å². The minimum Gasteiger partial charge on any atom is -0.308 e. The third kappa shape index (κ3) is 2.72. The molecule has 8 heteroatoms. The number of rotatable bonds is 2. The summed E-state index contributed by atoms with van der Waals surface area (Å²) < 4.78 is 39.7. The van der Waals surface area contributed by atoms with Crippen molar-refractivity contribution in [2.45, 2.75) is 11.7 Å². The summed E-state index contributed by atoms with van der Waals surface area (Å²) in [6.45, 7) is 3.87. The maximum atomic E-state index is 13.2. The minimum absolute atomic E-state index is 0.273. The van der Waals surface area contributed by atoms with Gasteiger partial charge in [0.15, 0.2) is 0 Å². The molecule has 3 rings (SSSR count). The van der Waals surface area contributed by atoms with Crippen LogP contribution >= 0.6 is 0 Å². The summed E-state index contributed by atoms with van der Waals surface area (Å²) in [6.07, 6.45) is -4.81. The van der Waals surface area contributed by atoms with Crippen LogP contribution in [0.1, 0.15) is 16.7 Å². The van der Waals surface area contributed by atoms with Crippen LogP contribution in [0.2, 0.25) is 0 Å². The summed E-state index contributed by atoms with van der Waals surface area (Å²) in [7, 11) is 1.36. The molecule has 1 heterocycles.